The van der Waals surface area contributed by atoms with E-state index in [4.69, 9.17) is 18.0 Å². The van der Waals surface area contributed by atoms with E-state index >= 15 is 0 Å². The van der Waals surface area contributed by atoms with E-state index in [0.717, 1.165) is 0 Å². The summed E-state index contributed by atoms with van der Waals surface area (Å²) in [6.07, 6.45) is 2.05. The number of hydrogen-bond acceptors (Lipinski definition) is 5. The molecule has 1 unspecified atom stereocenters. The number of aromatic nitrogens is 1. The first-order valence-electron chi connectivity index (χ1n) is 5.86. The van der Waals surface area contributed by atoms with Crippen molar-refractivity contribution < 1.29 is 13.5 Å². The second kappa shape index (κ2) is 5.49. The quantitative estimate of drug-likeness (QED) is 0.754. The normalized spacial score (nSPS) is 21.2. The first-order chi connectivity index (χ1) is 8.93. The predicted molar refractivity (Wildman–Crippen MR) is 74.1 cm³/mol. The Labute approximate surface area is 117 Å². The summed E-state index contributed by atoms with van der Waals surface area (Å²) in [5.41, 5.74) is 5.60. The predicted octanol–water partition coefficient (Wildman–Crippen LogP) is -0.139. The highest BCUT2D eigenvalue weighted by atomic mass is 32.2. The monoisotopic (exact) mass is 301 g/mol. The summed E-state index contributed by atoms with van der Waals surface area (Å²) in [6.45, 7) is 0.471. The van der Waals surface area contributed by atoms with Crippen molar-refractivity contribution in [2.45, 2.75) is 23.8 Å². The van der Waals surface area contributed by atoms with E-state index in [-0.39, 0.29) is 22.1 Å². The van der Waals surface area contributed by atoms with Crippen molar-refractivity contribution in [3.8, 4) is 0 Å². The highest BCUT2D eigenvalue weighted by Gasteiger charge is 2.31. The van der Waals surface area contributed by atoms with Crippen LogP contribution in [0.2, 0.25) is 0 Å². The molecule has 0 spiro atoms. The fraction of sp³-hybridized carbons (Fsp3) is 0.455. The summed E-state index contributed by atoms with van der Waals surface area (Å²) >= 11 is 4.83. The van der Waals surface area contributed by atoms with E-state index in [0.29, 0.717) is 19.4 Å². The minimum atomic E-state index is -3.73. The average molecular weight is 301 g/mol. The fourth-order valence-corrected chi connectivity index (χ4v) is 3.96. The molecule has 0 bridgehead atoms. The van der Waals surface area contributed by atoms with Gasteiger partial charge in [-0.3, -0.25) is 4.98 Å². The number of aliphatic hydroxyl groups excluding tert-OH is 1. The summed E-state index contributed by atoms with van der Waals surface area (Å²) in [5.74, 6) is 0. The topological polar surface area (TPSA) is 96.5 Å². The Kier molecular flexibility index (Phi) is 4.14. The molecule has 8 heteroatoms. The van der Waals surface area contributed by atoms with Gasteiger partial charge in [-0.25, -0.2) is 8.42 Å². The van der Waals surface area contributed by atoms with Crippen LogP contribution in [0.5, 0.6) is 0 Å². The van der Waals surface area contributed by atoms with Crippen molar-refractivity contribution >= 4 is 27.2 Å². The molecular weight excluding hydrogens is 286 g/mol. The molecule has 1 aromatic rings. The SMILES string of the molecule is NC(=S)c1ncccc1S(=O)(=O)N1CCCC(O)C1. The van der Waals surface area contributed by atoms with Crippen molar-refractivity contribution in [1.82, 2.24) is 9.29 Å². The van der Waals surface area contributed by atoms with E-state index < -0.39 is 16.1 Å². The maximum Gasteiger partial charge on any atom is 0.245 e. The van der Waals surface area contributed by atoms with Gasteiger partial charge < -0.3 is 10.8 Å². The van der Waals surface area contributed by atoms with Crippen molar-refractivity contribution in [2.24, 2.45) is 5.73 Å². The highest BCUT2D eigenvalue weighted by Crippen LogP contribution is 2.22. The summed E-state index contributed by atoms with van der Waals surface area (Å²) in [5, 5.41) is 9.60. The van der Waals surface area contributed by atoms with Gasteiger partial charge >= 0.3 is 0 Å². The van der Waals surface area contributed by atoms with Gasteiger partial charge in [0.15, 0.2) is 0 Å². The summed E-state index contributed by atoms with van der Waals surface area (Å²) < 4.78 is 26.3. The van der Waals surface area contributed by atoms with Crippen molar-refractivity contribution in [1.29, 1.82) is 0 Å². The lowest BCUT2D eigenvalue weighted by atomic mass is 10.1. The Bertz CT molecular complexity index is 589. The van der Waals surface area contributed by atoms with Gasteiger partial charge in [0.25, 0.3) is 0 Å². The molecule has 3 N–H and O–H groups in total. The standard InChI is InChI=1S/C11H15N3O3S2/c12-11(18)10-9(4-1-5-13-10)19(16,17)14-6-2-3-8(15)7-14/h1,4-5,8,15H,2-3,6-7H2,(H2,12,18). The molecule has 1 saturated heterocycles. The molecule has 0 amide bonds. The molecular formula is C11H15N3O3S2. The van der Waals surface area contributed by atoms with Gasteiger partial charge in [0.05, 0.1) is 6.10 Å². The van der Waals surface area contributed by atoms with E-state index in [1.807, 2.05) is 0 Å². The van der Waals surface area contributed by atoms with Gasteiger partial charge in [-0.15, -0.1) is 0 Å². The Morgan fingerprint density at radius 3 is 2.95 bits per heavy atom. The van der Waals surface area contributed by atoms with Gasteiger partial charge in [0.2, 0.25) is 10.0 Å². The van der Waals surface area contributed by atoms with Crippen molar-refractivity contribution in [3.63, 3.8) is 0 Å². The molecule has 1 fully saturated rings. The molecule has 2 rings (SSSR count). The van der Waals surface area contributed by atoms with Crippen LogP contribution in [-0.2, 0) is 10.0 Å². The van der Waals surface area contributed by atoms with Crippen LogP contribution in [0.1, 0.15) is 18.5 Å². The smallest absolute Gasteiger partial charge is 0.245 e. The lowest BCUT2D eigenvalue weighted by molar-refractivity contribution is 0.108. The first-order valence-corrected chi connectivity index (χ1v) is 7.71. The van der Waals surface area contributed by atoms with E-state index in [2.05, 4.69) is 4.98 Å². The number of pyridine rings is 1. The Morgan fingerprint density at radius 1 is 1.58 bits per heavy atom. The molecule has 0 aliphatic carbocycles. The third kappa shape index (κ3) is 2.92. The van der Waals surface area contributed by atoms with Crippen LogP contribution in [0.15, 0.2) is 23.2 Å². The molecule has 19 heavy (non-hydrogen) atoms. The van der Waals surface area contributed by atoms with Crippen LogP contribution in [0.4, 0.5) is 0 Å². The largest absolute Gasteiger partial charge is 0.392 e. The summed E-state index contributed by atoms with van der Waals surface area (Å²) in [6, 6.07) is 2.95. The number of nitrogens with zero attached hydrogens (tertiary/aromatic N) is 2. The molecule has 1 aromatic heterocycles. The fourth-order valence-electron chi connectivity index (χ4n) is 2.06. The van der Waals surface area contributed by atoms with Gasteiger partial charge in [-0.2, -0.15) is 4.31 Å². The van der Waals surface area contributed by atoms with Crippen LogP contribution in [0, 0.1) is 0 Å². The molecule has 1 aliphatic rings. The third-order valence-electron chi connectivity index (χ3n) is 2.98. The van der Waals surface area contributed by atoms with Crippen LogP contribution in [0.25, 0.3) is 0 Å². The van der Waals surface area contributed by atoms with Gasteiger partial charge in [-0.1, -0.05) is 12.2 Å². The van der Waals surface area contributed by atoms with Gasteiger partial charge in [0, 0.05) is 19.3 Å². The number of hydrogen-bond donors (Lipinski definition) is 2. The molecule has 1 aliphatic heterocycles. The number of sulfonamides is 1. The number of piperidine rings is 1. The van der Waals surface area contributed by atoms with Crippen LogP contribution >= 0.6 is 12.2 Å². The zero-order chi connectivity index (χ0) is 14.0. The van der Waals surface area contributed by atoms with Gasteiger partial charge in [-0.05, 0) is 25.0 Å². The first kappa shape index (κ1) is 14.3. The molecule has 104 valence electrons. The summed E-state index contributed by atoms with van der Waals surface area (Å²) in [4.78, 5) is 3.86. The van der Waals surface area contributed by atoms with Crippen LogP contribution in [-0.4, -0.2) is 47.0 Å². The van der Waals surface area contributed by atoms with E-state index in [1.54, 1.807) is 0 Å². The molecule has 6 nitrogen and oxygen atoms in total. The Morgan fingerprint density at radius 2 is 2.32 bits per heavy atom. The van der Waals surface area contributed by atoms with Crippen molar-refractivity contribution in [3.05, 3.63) is 24.0 Å². The average Bonchev–Trinajstić information content (AvgIpc) is 2.38. The van der Waals surface area contributed by atoms with E-state index in [1.165, 1.54) is 22.6 Å². The van der Waals surface area contributed by atoms with Gasteiger partial charge in [0.1, 0.15) is 15.6 Å². The molecule has 0 radical (unpaired) electrons. The number of nitrogens with two attached hydrogens (primary N) is 1. The minimum absolute atomic E-state index is 0.00315. The second-order valence-electron chi connectivity index (χ2n) is 4.37. The molecule has 0 aromatic carbocycles. The van der Waals surface area contributed by atoms with E-state index in [9.17, 15) is 13.5 Å². The van der Waals surface area contributed by atoms with Crippen molar-refractivity contribution in [2.75, 3.05) is 13.1 Å². The molecule has 2 heterocycles. The van der Waals surface area contributed by atoms with Crippen LogP contribution < -0.4 is 5.73 Å². The Balaban J connectivity index is 2.42. The lowest BCUT2D eigenvalue weighted by Gasteiger charge is -2.29. The maximum atomic E-state index is 12.5. The van der Waals surface area contributed by atoms with Crippen LogP contribution in [0.3, 0.4) is 0 Å². The third-order valence-corrected chi connectivity index (χ3v) is 5.07. The lowest BCUT2D eigenvalue weighted by Crippen LogP contribution is -2.42. The second-order valence-corrected chi connectivity index (χ2v) is 6.72. The minimum Gasteiger partial charge on any atom is -0.392 e. The zero-order valence-electron chi connectivity index (χ0n) is 10.2. The molecule has 1 atom stereocenters. The summed E-state index contributed by atoms with van der Waals surface area (Å²) in [7, 11) is -3.73. The maximum absolute atomic E-state index is 12.5. The number of β-amino-alcohol motifs (C(OH)–C–C–N with tert-alkyl or cyclic N) is 1. The Hall–Kier alpha value is -1.09. The zero-order valence-corrected chi connectivity index (χ0v) is 11.8. The highest BCUT2D eigenvalue weighted by molar-refractivity contribution is 7.89. The number of thiocarbonyl (C=S) groups is 1. The number of aliphatic hydroxyl groups is 1. The molecule has 0 saturated carbocycles. The number of rotatable bonds is 3.